The van der Waals surface area contributed by atoms with Gasteiger partial charge < -0.3 is 20.9 Å². The van der Waals surface area contributed by atoms with Crippen molar-refractivity contribution in [3.8, 4) is 5.75 Å². The summed E-state index contributed by atoms with van der Waals surface area (Å²) in [6.07, 6.45) is 4.51. The van der Waals surface area contributed by atoms with E-state index < -0.39 is 11.9 Å². The summed E-state index contributed by atoms with van der Waals surface area (Å²) in [6, 6.07) is 1.17. The summed E-state index contributed by atoms with van der Waals surface area (Å²) in [5.41, 5.74) is 7.26. The van der Waals surface area contributed by atoms with Gasteiger partial charge in [-0.25, -0.2) is 9.67 Å². The molecule has 0 spiro atoms. The maximum Gasteiger partial charge on any atom is 0.259 e. The molecule has 0 aliphatic carbocycles. The lowest BCUT2D eigenvalue weighted by Gasteiger charge is -2.19. The summed E-state index contributed by atoms with van der Waals surface area (Å²) in [6.45, 7) is 5.25. The highest BCUT2D eigenvalue weighted by molar-refractivity contribution is 6.35. The molecular formula is C19H22ClN7O3. The number of hydrogen-bond donors (Lipinski definition) is 4. The number of aliphatic imine (C=N–C) groups is 1. The number of carbonyl (C=O) groups excluding carboxylic acids is 1. The third kappa shape index (κ3) is 4.00. The third-order valence-electron chi connectivity index (χ3n) is 4.39. The number of aromatic nitrogens is 4. The van der Waals surface area contributed by atoms with Crippen LogP contribution in [-0.4, -0.2) is 50.4 Å². The molecule has 1 aromatic carbocycles. The molecule has 158 valence electrons. The number of nitrogens with zero attached hydrogens (tertiary/aromatic N) is 4. The van der Waals surface area contributed by atoms with E-state index in [4.69, 9.17) is 22.1 Å². The van der Waals surface area contributed by atoms with Gasteiger partial charge in [-0.05, 0) is 13.0 Å². The highest BCUT2D eigenvalue weighted by atomic mass is 35.5. The van der Waals surface area contributed by atoms with Crippen molar-refractivity contribution >= 4 is 46.3 Å². The van der Waals surface area contributed by atoms with E-state index in [9.17, 15) is 9.90 Å². The molecule has 0 fully saturated rings. The number of H-pyrrole nitrogens is 1. The number of nitrogen functional groups attached to an aromatic ring is 1. The fraction of sp³-hybridized carbons (Fsp3) is 0.263. The van der Waals surface area contributed by atoms with Crippen molar-refractivity contribution in [3.05, 3.63) is 41.1 Å². The Hall–Kier alpha value is -3.37. The number of nitrogens with two attached hydrogens (primary N) is 1. The Bertz CT molecular complexity index is 1120. The molecule has 2 aromatic heterocycles. The standard InChI is InChI=1S/C19H22ClN7O3/c1-4-5-22-18-14(17(21)26-27(18)3)19(29)24-10(2)11-8-13(20)12-9-23-25-15(12)16(11)30-7-6-28/h4-5,8-10,28H,1,6-7H2,2-3H3,(H2,21,26)(H,23,25)(H,24,29)/b22-5-. The third-order valence-corrected chi connectivity index (χ3v) is 4.71. The number of aromatic amines is 1. The van der Waals surface area contributed by atoms with E-state index in [1.54, 1.807) is 26.2 Å². The summed E-state index contributed by atoms with van der Waals surface area (Å²) in [4.78, 5) is 17.2. The number of aliphatic hydroxyl groups excluding tert-OH is 1. The predicted molar refractivity (Wildman–Crippen MR) is 116 cm³/mol. The number of rotatable bonds is 8. The van der Waals surface area contributed by atoms with Gasteiger partial charge in [-0.15, -0.1) is 0 Å². The second-order valence-electron chi connectivity index (χ2n) is 6.42. The van der Waals surface area contributed by atoms with Crippen molar-refractivity contribution in [2.45, 2.75) is 13.0 Å². The van der Waals surface area contributed by atoms with E-state index >= 15 is 0 Å². The summed E-state index contributed by atoms with van der Waals surface area (Å²) in [5, 5.41) is 24.1. The van der Waals surface area contributed by atoms with E-state index in [1.165, 1.54) is 17.0 Å². The van der Waals surface area contributed by atoms with Crippen molar-refractivity contribution in [1.29, 1.82) is 0 Å². The highest BCUT2D eigenvalue weighted by Gasteiger charge is 2.25. The first-order valence-corrected chi connectivity index (χ1v) is 9.44. The van der Waals surface area contributed by atoms with Crippen molar-refractivity contribution in [2.24, 2.45) is 12.0 Å². The average molecular weight is 432 g/mol. The summed E-state index contributed by atoms with van der Waals surface area (Å²) in [7, 11) is 1.64. The molecule has 1 amide bonds. The lowest BCUT2D eigenvalue weighted by molar-refractivity contribution is 0.0940. The Morgan fingerprint density at radius 3 is 3.07 bits per heavy atom. The maximum absolute atomic E-state index is 13.0. The maximum atomic E-state index is 13.0. The molecule has 5 N–H and O–H groups in total. The quantitative estimate of drug-likeness (QED) is 0.403. The summed E-state index contributed by atoms with van der Waals surface area (Å²) in [5.74, 6) is 0.337. The van der Waals surface area contributed by atoms with Gasteiger partial charge in [-0.1, -0.05) is 24.3 Å². The normalized spacial score (nSPS) is 12.4. The van der Waals surface area contributed by atoms with E-state index in [0.29, 0.717) is 33.1 Å². The molecular weight excluding hydrogens is 410 g/mol. The first kappa shape index (κ1) is 21.3. The van der Waals surface area contributed by atoms with Crippen molar-refractivity contribution in [1.82, 2.24) is 25.3 Å². The van der Waals surface area contributed by atoms with Crippen molar-refractivity contribution < 1.29 is 14.6 Å². The fourth-order valence-corrected chi connectivity index (χ4v) is 3.32. The Morgan fingerprint density at radius 1 is 1.60 bits per heavy atom. The molecule has 0 radical (unpaired) electrons. The lowest BCUT2D eigenvalue weighted by atomic mass is 10.0. The van der Waals surface area contributed by atoms with Crippen LogP contribution in [0.1, 0.15) is 28.9 Å². The van der Waals surface area contributed by atoms with Gasteiger partial charge >= 0.3 is 0 Å². The van der Waals surface area contributed by atoms with E-state index in [1.807, 2.05) is 0 Å². The van der Waals surface area contributed by atoms with Gasteiger partial charge in [0.2, 0.25) is 0 Å². The molecule has 1 atom stereocenters. The summed E-state index contributed by atoms with van der Waals surface area (Å²) >= 11 is 6.38. The number of benzene rings is 1. The number of halogens is 1. The van der Waals surface area contributed by atoms with E-state index in [-0.39, 0.29) is 24.6 Å². The van der Waals surface area contributed by atoms with Crippen LogP contribution in [0.25, 0.3) is 10.9 Å². The van der Waals surface area contributed by atoms with Gasteiger partial charge in [0.05, 0.1) is 23.9 Å². The first-order chi connectivity index (χ1) is 14.4. The molecule has 0 aliphatic heterocycles. The number of allylic oxidation sites excluding steroid dienone is 1. The Labute approximate surface area is 177 Å². The molecule has 10 nitrogen and oxygen atoms in total. The molecule has 0 aliphatic rings. The van der Waals surface area contributed by atoms with Crippen LogP contribution in [0.5, 0.6) is 5.75 Å². The smallest absolute Gasteiger partial charge is 0.259 e. The minimum absolute atomic E-state index is 0.0530. The molecule has 0 saturated heterocycles. The zero-order valence-corrected chi connectivity index (χ0v) is 17.3. The second-order valence-corrected chi connectivity index (χ2v) is 6.83. The zero-order valence-electron chi connectivity index (χ0n) is 16.5. The Balaban J connectivity index is 1.97. The van der Waals surface area contributed by atoms with Crippen molar-refractivity contribution in [3.63, 3.8) is 0 Å². The Kier molecular flexibility index (Phi) is 6.38. The topological polar surface area (TPSA) is 143 Å². The van der Waals surface area contributed by atoms with Crippen LogP contribution in [0, 0.1) is 0 Å². The predicted octanol–water partition coefficient (Wildman–Crippen LogP) is 2.28. The van der Waals surface area contributed by atoms with Gasteiger partial charge in [0, 0.05) is 24.2 Å². The number of ether oxygens (including phenoxy) is 1. The number of fused-ring (bicyclic) bond motifs is 1. The number of aliphatic hydroxyl groups is 1. The molecule has 30 heavy (non-hydrogen) atoms. The zero-order chi connectivity index (χ0) is 21.8. The van der Waals surface area contributed by atoms with E-state index in [0.717, 1.165) is 0 Å². The van der Waals surface area contributed by atoms with Crippen LogP contribution in [0.3, 0.4) is 0 Å². The van der Waals surface area contributed by atoms with Gasteiger partial charge in [-0.3, -0.25) is 9.89 Å². The van der Waals surface area contributed by atoms with Crippen LogP contribution < -0.4 is 15.8 Å². The molecule has 2 heterocycles. The van der Waals surface area contributed by atoms with E-state index in [2.05, 4.69) is 32.2 Å². The lowest BCUT2D eigenvalue weighted by Crippen LogP contribution is -2.27. The molecule has 3 aromatic rings. The minimum atomic E-state index is -0.521. The fourth-order valence-electron chi connectivity index (χ4n) is 3.06. The number of anilines is 1. The van der Waals surface area contributed by atoms with Crippen LogP contribution in [-0.2, 0) is 7.05 Å². The minimum Gasteiger partial charge on any atom is -0.489 e. The molecule has 3 rings (SSSR count). The number of carbonyl (C=O) groups is 1. The van der Waals surface area contributed by atoms with Gasteiger partial charge in [-0.2, -0.15) is 10.2 Å². The van der Waals surface area contributed by atoms with Crippen LogP contribution in [0.15, 0.2) is 29.9 Å². The number of hydrogen-bond acceptors (Lipinski definition) is 7. The monoisotopic (exact) mass is 431 g/mol. The molecule has 11 heteroatoms. The van der Waals surface area contributed by atoms with Crippen LogP contribution >= 0.6 is 11.6 Å². The first-order valence-electron chi connectivity index (χ1n) is 9.06. The molecule has 0 saturated carbocycles. The van der Waals surface area contributed by atoms with Gasteiger partial charge in [0.1, 0.15) is 23.4 Å². The number of aryl methyl sites for hydroxylation is 1. The SMILES string of the molecule is C=C/C=N\c1c(C(=O)NC(C)c2cc(Cl)c3cn[nH]c3c2OCCO)c(N)nn1C. The number of nitrogens with one attached hydrogen (secondary N) is 2. The molecule has 1 unspecified atom stereocenters. The highest BCUT2D eigenvalue weighted by Crippen LogP contribution is 2.37. The van der Waals surface area contributed by atoms with Gasteiger partial charge in [0.15, 0.2) is 11.6 Å². The summed E-state index contributed by atoms with van der Waals surface area (Å²) < 4.78 is 7.13. The Morgan fingerprint density at radius 2 is 2.37 bits per heavy atom. The largest absolute Gasteiger partial charge is 0.489 e. The molecule has 0 bridgehead atoms. The number of amides is 1. The van der Waals surface area contributed by atoms with Crippen LogP contribution in [0.4, 0.5) is 11.6 Å². The van der Waals surface area contributed by atoms with Gasteiger partial charge in [0.25, 0.3) is 5.91 Å². The average Bonchev–Trinajstić information content (AvgIpc) is 3.30. The second kappa shape index (κ2) is 8.97. The van der Waals surface area contributed by atoms with Crippen LogP contribution in [0.2, 0.25) is 5.02 Å². The van der Waals surface area contributed by atoms with Crippen molar-refractivity contribution in [2.75, 3.05) is 18.9 Å².